The highest BCUT2D eigenvalue weighted by molar-refractivity contribution is 5.78. The Morgan fingerprint density at radius 2 is 2.19 bits per heavy atom. The van der Waals surface area contributed by atoms with Crippen molar-refractivity contribution in [2.24, 2.45) is 5.41 Å². The molecule has 2 amide bonds. The maximum atomic E-state index is 11.7. The average molecular weight is 294 g/mol. The Kier molecular flexibility index (Phi) is 4.29. The van der Waals surface area contributed by atoms with E-state index in [1.165, 1.54) is 0 Å². The SMILES string of the molecule is CN1C(=O)CC[C@H]1c1nc(CNC(=O)CC(C)(C)C)no1. The summed E-state index contributed by atoms with van der Waals surface area (Å²) in [6.45, 7) is 6.26. The lowest BCUT2D eigenvalue weighted by Crippen LogP contribution is -2.27. The van der Waals surface area contributed by atoms with Crippen molar-refractivity contribution in [3.63, 3.8) is 0 Å². The summed E-state index contributed by atoms with van der Waals surface area (Å²) < 4.78 is 5.19. The lowest BCUT2D eigenvalue weighted by Gasteiger charge is -2.16. The van der Waals surface area contributed by atoms with Crippen molar-refractivity contribution in [2.75, 3.05) is 7.05 Å². The van der Waals surface area contributed by atoms with Crippen molar-refractivity contribution in [1.29, 1.82) is 0 Å². The van der Waals surface area contributed by atoms with Crippen molar-refractivity contribution in [2.45, 2.75) is 52.6 Å². The van der Waals surface area contributed by atoms with Crippen molar-refractivity contribution in [3.8, 4) is 0 Å². The maximum Gasteiger partial charge on any atom is 0.249 e. The Morgan fingerprint density at radius 1 is 1.48 bits per heavy atom. The molecular formula is C14H22N4O3. The topological polar surface area (TPSA) is 88.3 Å². The number of carbonyl (C=O) groups excluding carboxylic acids is 2. The van der Waals surface area contributed by atoms with Gasteiger partial charge in [0.15, 0.2) is 5.82 Å². The van der Waals surface area contributed by atoms with Crippen LogP contribution in [0.3, 0.4) is 0 Å². The van der Waals surface area contributed by atoms with Gasteiger partial charge in [-0.15, -0.1) is 0 Å². The smallest absolute Gasteiger partial charge is 0.249 e. The highest BCUT2D eigenvalue weighted by Crippen LogP contribution is 2.29. The van der Waals surface area contributed by atoms with Gasteiger partial charge in [-0.05, 0) is 11.8 Å². The van der Waals surface area contributed by atoms with Gasteiger partial charge in [0.25, 0.3) is 0 Å². The molecule has 0 aliphatic carbocycles. The molecule has 0 saturated carbocycles. The third-order valence-corrected chi connectivity index (χ3v) is 3.40. The largest absolute Gasteiger partial charge is 0.349 e. The number of aromatic nitrogens is 2. The van der Waals surface area contributed by atoms with Crippen molar-refractivity contribution >= 4 is 11.8 Å². The predicted octanol–water partition coefficient (Wildman–Crippen LogP) is 1.42. The number of hydrogen-bond donors (Lipinski definition) is 1. The Hall–Kier alpha value is -1.92. The van der Waals surface area contributed by atoms with E-state index in [1.807, 2.05) is 20.8 Å². The van der Waals surface area contributed by atoms with Gasteiger partial charge in [-0.3, -0.25) is 9.59 Å². The molecule has 2 heterocycles. The van der Waals surface area contributed by atoms with Gasteiger partial charge in [-0.1, -0.05) is 25.9 Å². The first-order valence-electron chi connectivity index (χ1n) is 7.11. The normalized spacial score (nSPS) is 19.1. The summed E-state index contributed by atoms with van der Waals surface area (Å²) >= 11 is 0. The first kappa shape index (κ1) is 15.5. The molecule has 1 aliphatic rings. The van der Waals surface area contributed by atoms with Crippen LogP contribution < -0.4 is 5.32 Å². The van der Waals surface area contributed by atoms with Crippen LogP contribution in [0.1, 0.15) is 57.8 Å². The number of hydrogen-bond acceptors (Lipinski definition) is 5. The summed E-state index contributed by atoms with van der Waals surface area (Å²) in [5, 5.41) is 6.62. The van der Waals surface area contributed by atoms with Gasteiger partial charge >= 0.3 is 0 Å². The fourth-order valence-corrected chi connectivity index (χ4v) is 2.29. The lowest BCUT2D eigenvalue weighted by molar-refractivity contribution is -0.128. The molecule has 1 aromatic rings. The van der Waals surface area contributed by atoms with Crippen LogP contribution in [-0.4, -0.2) is 33.9 Å². The molecule has 7 heteroatoms. The molecule has 1 fully saturated rings. The second-order valence-electron chi connectivity index (χ2n) is 6.62. The molecule has 0 bridgehead atoms. The second-order valence-corrected chi connectivity index (χ2v) is 6.62. The van der Waals surface area contributed by atoms with E-state index >= 15 is 0 Å². The minimum atomic E-state index is -0.149. The molecule has 1 aliphatic heterocycles. The zero-order valence-corrected chi connectivity index (χ0v) is 13.0. The average Bonchev–Trinajstić information content (AvgIpc) is 2.94. The molecule has 0 unspecified atom stereocenters. The molecule has 1 saturated heterocycles. The van der Waals surface area contributed by atoms with E-state index in [9.17, 15) is 9.59 Å². The summed E-state index contributed by atoms with van der Waals surface area (Å²) in [4.78, 5) is 29.1. The summed E-state index contributed by atoms with van der Waals surface area (Å²) in [6.07, 6.45) is 1.63. The van der Waals surface area contributed by atoms with Crippen molar-refractivity contribution in [1.82, 2.24) is 20.4 Å². The predicted molar refractivity (Wildman–Crippen MR) is 75.0 cm³/mol. The molecule has 0 aromatic carbocycles. The van der Waals surface area contributed by atoms with E-state index in [0.717, 1.165) is 0 Å². The Balaban J connectivity index is 1.89. The standard InChI is InChI=1S/C14H22N4O3/c1-14(2,3)7-11(19)15-8-10-16-13(21-17-10)9-5-6-12(20)18(9)4/h9H,5-8H2,1-4H3,(H,15,19)/t9-/m0/s1. The van der Waals surface area contributed by atoms with Crippen molar-refractivity contribution < 1.29 is 14.1 Å². The number of rotatable bonds is 4. The number of likely N-dealkylation sites (tertiary alicyclic amines) is 1. The highest BCUT2D eigenvalue weighted by Gasteiger charge is 2.33. The van der Waals surface area contributed by atoms with E-state index in [0.29, 0.717) is 31.0 Å². The number of amides is 2. The van der Waals surface area contributed by atoms with Crippen molar-refractivity contribution in [3.05, 3.63) is 11.7 Å². The molecule has 0 spiro atoms. The fourth-order valence-electron chi connectivity index (χ4n) is 2.29. The van der Waals surface area contributed by atoms with Crippen LogP contribution in [-0.2, 0) is 16.1 Å². The molecule has 2 rings (SSSR count). The third-order valence-electron chi connectivity index (χ3n) is 3.40. The third kappa shape index (κ3) is 4.03. The van der Waals surface area contributed by atoms with E-state index in [-0.39, 0.29) is 29.8 Å². The first-order chi connectivity index (χ1) is 9.76. The maximum absolute atomic E-state index is 11.7. The van der Waals surface area contributed by atoms with Crippen LogP contribution in [0.25, 0.3) is 0 Å². The Morgan fingerprint density at radius 3 is 2.76 bits per heavy atom. The molecule has 0 radical (unpaired) electrons. The van der Waals surface area contributed by atoms with Crippen LogP contribution in [0.2, 0.25) is 0 Å². The van der Waals surface area contributed by atoms with E-state index in [1.54, 1.807) is 11.9 Å². The van der Waals surface area contributed by atoms with Gasteiger partial charge < -0.3 is 14.7 Å². The molecule has 1 atom stereocenters. The minimum Gasteiger partial charge on any atom is -0.349 e. The lowest BCUT2D eigenvalue weighted by atomic mass is 9.92. The van der Waals surface area contributed by atoms with Crippen LogP contribution >= 0.6 is 0 Å². The van der Waals surface area contributed by atoms with Gasteiger partial charge in [0.2, 0.25) is 17.7 Å². The van der Waals surface area contributed by atoms with Crippen LogP contribution in [0.15, 0.2) is 4.52 Å². The first-order valence-corrected chi connectivity index (χ1v) is 7.11. The van der Waals surface area contributed by atoms with Gasteiger partial charge in [-0.2, -0.15) is 4.98 Å². The molecule has 21 heavy (non-hydrogen) atoms. The summed E-state index contributed by atoms with van der Waals surface area (Å²) in [5.41, 5.74) is -0.0561. The van der Waals surface area contributed by atoms with Gasteiger partial charge in [0.1, 0.15) is 6.04 Å². The molecule has 1 N–H and O–H groups in total. The quantitative estimate of drug-likeness (QED) is 0.907. The highest BCUT2D eigenvalue weighted by atomic mass is 16.5. The number of nitrogens with zero attached hydrogens (tertiary/aromatic N) is 3. The van der Waals surface area contributed by atoms with Crippen LogP contribution in [0.5, 0.6) is 0 Å². The molecular weight excluding hydrogens is 272 g/mol. The van der Waals surface area contributed by atoms with Gasteiger partial charge in [0, 0.05) is 19.9 Å². The number of carbonyl (C=O) groups is 2. The van der Waals surface area contributed by atoms with Crippen LogP contribution in [0.4, 0.5) is 0 Å². The second kappa shape index (κ2) is 5.83. The number of nitrogens with one attached hydrogen (secondary N) is 1. The zero-order chi connectivity index (χ0) is 15.6. The van der Waals surface area contributed by atoms with E-state index in [4.69, 9.17) is 4.52 Å². The molecule has 7 nitrogen and oxygen atoms in total. The fraction of sp³-hybridized carbons (Fsp3) is 0.714. The zero-order valence-electron chi connectivity index (χ0n) is 13.0. The molecule has 1 aromatic heterocycles. The Bertz CT molecular complexity index is 533. The summed E-state index contributed by atoms with van der Waals surface area (Å²) in [7, 11) is 1.73. The van der Waals surface area contributed by atoms with E-state index in [2.05, 4.69) is 15.5 Å². The van der Waals surface area contributed by atoms with E-state index < -0.39 is 0 Å². The summed E-state index contributed by atoms with van der Waals surface area (Å²) in [5.74, 6) is 0.906. The molecule has 116 valence electrons. The van der Waals surface area contributed by atoms with Gasteiger partial charge in [0.05, 0.1) is 6.54 Å². The van der Waals surface area contributed by atoms with Gasteiger partial charge in [-0.25, -0.2) is 0 Å². The van der Waals surface area contributed by atoms with Crippen LogP contribution in [0, 0.1) is 5.41 Å². The minimum absolute atomic E-state index is 0.0398. The Labute approximate surface area is 124 Å². The monoisotopic (exact) mass is 294 g/mol. The summed E-state index contributed by atoms with van der Waals surface area (Å²) in [6, 6.07) is -0.149.